The minimum Gasteiger partial charge on any atom is -0.494 e. The molecule has 0 radical (unpaired) electrons. The van der Waals surface area contributed by atoms with Gasteiger partial charge in [0.1, 0.15) is 11.5 Å². The molecule has 1 aliphatic carbocycles. The van der Waals surface area contributed by atoms with E-state index in [1.165, 1.54) is 19.8 Å². The van der Waals surface area contributed by atoms with Crippen molar-refractivity contribution in [1.29, 1.82) is 0 Å². The number of carbonyl (C=O) groups is 1. The van der Waals surface area contributed by atoms with Crippen molar-refractivity contribution in [2.45, 2.75) is 45.1 Å². The summed E-state index contributed by atoms with van der Waals surface area (Å²) in [7, 11) is 0. The van der Waals surface area contributed by atoms with Gasteiger partial charge >= 0.3 is 5.97 Å². The van der Waals surface area contributed by atoms with E-state index < -0.39 is 5.54 Å². The number of esters is 1. The molecule has 0 bridgehead atoms. The minimum atomic E-state index is -0.536. The molecule has 0 amide bonds. The number of hydrogen-bond acceptors (Lipinski definition) is 4. The number of ether oxygens (including phenoxy) is 2. The van der Waals surface area contributed by atoms with Crippen molar-refractivity contribution < 1.29 is 14.3 Å². The lowest BCUT2D eigenvalue weighted by Gasteiger charge is -2.35. The molecule has 21 heavy (non-hydrogen) atoms. The first-order chi connectivity index (χ1) is 10.0. The van der Waals surface area contributed by atoms with Gasteiger partial charge < -0.3 is 15.2 Å². The molecule has 0 aliphatic heterocycles. The van der Waals surface area contributed by atoms with Crippen LogP contribution in [0, 0.1) is 0 Å². The Morgan fingerprint density at radius 3 is 2.52 bits per heavy atom. The summed E-state index contributed by atoms with van der Waals surface area (Å²) in [6.07, 6.45) is 5.80. The van der Waals surface area contributed by atoms with Crippen molar-refractivity contribution in [1.82, 2.24) is 0 Å². The quantitative estimate of drug-likeness (QED) is 0.618. The second-order valence-corrected chi connectivity index (χ2v) is 5.50. The summed E-state index contributed by atoms with van der Waals surface area (Å²) in [6, 6.07) is 7.81. The van der Waals surface area contributed by atoms with E-state index in [9.17, 15) is 4.79 Å². The average Bonchev–Trinajstić information content (AvgIpc) is 2.42. The van der Waals surface area contributed by atoms with E-state index in [1.807, 2.05) is 24.3 Å². The highest BCUT2D eigenvalue weighted by Crippen LogP contribution is 2.38. The molecule has 1 aromatic rings. The van der Waals surface area contributed by atoms with Crippen molar-refractivity contribution in [3.05, 3.63) is 41.7 Å². The summed E-state index contributed by atoms with van der Waals surface area (Å²) in [5.74, 6) is 1.20. The van der Waals surface area contributed by atoms with E-state index >= 15 is 0 Å². The molecule has 0 saturated heterocycles. The molecule has 114 valence electrons. The second-order valence-electron chi connectivity index (χ2n) is 5.50. The number of hydrogen-bond donors (Lipinski definition) is 1. The maximum Gasteiger partial charge on any atom is 0.307 e. The zero-order valence-electron chi connectivity index (χ0n) is 12.7. The molecule has 1 aliphatic rings. The molecule has 1 unspecified atom stereocenters. The second kappa shape index (κ2) is 6.76. The van der Waals surface area contributed by atoms with E-state index in [0.717, 1.165) is 24.3 Å². The lowest BCUT2D eigenvalue weighted by atomic mass is 9.78. The summed E-state index contributed by atoms with van der Waals surface area (Å²) < 4.78 is 10.7. The van der Waals surface area contributed by atoms with Crippen LogP contribution in [-0.2, 0) is 15.1 Å². The normalized spacial score (nSPS) is 20.4. The lowest BCUT2D eigenvalue weighted by Crippen LogP contribution is -2.42. The van der Waals surface area contributed by atoms with Crippen molar-refractivity contribution in [3.63, 3.8) is 0 Å². The summed E-state index contributed by atoms with van der Waals surface area (Å²) in [5.41, 5.74) is 6.73. The summed E-state index contributed by atoms with van der Waals surface area (Å²) in [6.45, 7) is 4.31. The van der Waals surface area contributed by atoms with Crippen molar-refractivity contribution in [3.8, 4) is 5.75 Å². The van der Waals surface area contributed by atoms with Crippen LogP contribution in [0.2, 0.25) is 0 Å². The Balaban J connectivity index is 1.91. The van der Waals surface area contributed by atoms with Crippen molar-refractivity contribution in [2.24, 2.45) is 5.73 Å². The number of carbonyl (C=O) groups excluding carboxylic acids is 1. The standard InChI is InChI=1S/C17H23NO3/c1-3-4-5-10-20-15-8-6-14(7-9-15)17(18)11-16(12-17)21-13(2)19/h6-9,11H,3-5,10,12,18H2,1-2H3. The maximum absolute atomic E-state index is 10.9. The van der Waals surface area contributed by atoms with Crippen LogP contribution in [0.1, 0.15) is 45.1 Å². The van der Waals surface area contributed by atoms with Crippen LogP contribution in [-0.4, -0.2) is 12.6 Å². The van der Waals surface area contributed by atoms with Crippen molar-refractivity contribution in [2.75, 3.05) is 6.61 Å². The highest BCUT2D eigenvalue weighted by atomic mass is 16.5. The van der Waals surface area contributed by atoms with Crippen LogP contribution >= 0.6 is 0 Å². The van der Waals surface area contributed by atoms with E-state index in [2.05, 4.69) is 6.92 Å². The van der Waals surface area contributed by atoms with Crippen LogP contribution in [0.5, 0.6) is 5.75 Å². The lowest BCUT2D eigenvalue weighted by molar-refractivity contribution is -0.137. The molecule has 4 nitrogen and oxygen atoms in total. The predicted octanol–water partition coefficient (Wildman–Crippen LogP) is 3.26. The maximum atomic E-state index is 10.9. The zero-order chi connectivity index (χ0) is 15.3. The molecule has 0 aromatic heterocycles. The monoisotopic (exact) mass is 289 g/mol. The van der Waals surface area contributed by atoms with Gasteiger partial charge in [0.15, 0.2) is 0 Å². The van der Waals surface area contributed by atoms with Crippen LogP contribution in [0.4, 0.5) is 0 Å². The Morgan fingerprint density at radius 2 is 1.95 bits per heavy atom. The number of unbranched alkanes of at least 4 members (excludes halogenated alkanes) is 2. The van der Waals surface area contributed by atoms with Crippen LogP contribution in [0.15, 0.2) is 36.1 Å². The molecule has 2 rings (SSSR count). The van der Waals surface area contributed by atoms with Gasteiger partial charge in [-0.2, -0.15) is 0 Å². The molecule has 0 fully saturated rings. The fraction of sp³-hybridized carbons (Fsp3) is 0.471. The first kappa shape index (κ1) is 15.6. The molecule has 0 saturated carbocycles. The molecule has 1 aromatic carbocycles. The van der Waals surface area contributed by atoms with Gasteiger partial charge in [-0.05, 0) is 30.2 Å². The Bertz CT molecular complexity index is 521. The molecule has 0 spiro atoms. The third kappa shape index (κ3) is 4.08. The molecule has 0 heterocycles. The Hall–Kier alpha value is -1.81. The topological polar surface area (TPSA) is 61.6 Å². The highest BCUT2D eigenvalue weighted by Gasteiger charge is 2.36. The van der Waals surface area contributed by atoms with E-state index in [-0.39, 0.29) is 5.97 Å². The van der Waals surface area contributed by atoms with Crippen LogP contribution < -0.4 is 10.5 Å². The van der Waals surface area contributed by atoms with Crippen molar-refractivity contribution >= 4 is 5.97 Å². The highest BCUT2D eigenvalue weighted by molar-refractivity contribution is 5.67. The van der Waals surface area contributed by atoms with E-state index in [4.69, 9.17) is 15.2 Å². The van der Waals surface area contributed by atoms with Gasteiger partial charge in [0, 0.05) is 13.3 Å². The van der Waals surface area contributed by atoms with Gasteiger partial charge in [-0.1, -0.05) is 31.9 Å². The van der Waals surface area contributed by atoms with Gasteiger partial charge in [0.25, 0.3) is 0 Å². The van der Waals surface area contributed by atoms with Crippen LogP contribution in [0.25, 0.3) is 0 Å². The van der Waals surface area contributed by atoms with Crippen LogP contribution in [0.3, 0.4) is 0 Å². The predicted molar refractivity (Wildman–Crippen MR) is 81.8 cm³/mol. The fourth-order valence-corrected chi connectivity index (χ4v) is 2.39. The Morgan fingerprint density at radius 1 is 1.29 bits per heavy atom. The summed E-state index contributed by atoms with van der Waals surface area (Å²) in [5, 5.41) is 0. The Kier molecular flexibility index (Phi) is 5.02. The van der Waals surface area contributed by atoms with E-state index in [1.54, 1.807) is 6.08 Å². The largest absolute Gasteiger partial charge is 0.494 e. The van der Waals surface area contributed by atoms with Gasteiger partial charge in [0.05, 0.1) is 12.1 Å². The SMILES string of the molecule is CCCCCOc1ccc(C2(N)C=C(OC(C)=O)C2)cc1. The third-order valence-corrected chi connectivity index (χ3v) is 3.57. The molecule has 2 N–H and O–H groups in total. The minimum absolute atomic E-state index is 0.306. The smallest absolute Gasteiger partial charge is 0.307 e. The number of rotatable bonds is 7. The van der Waals surface area contributed by atoms with Gasteiger partial charge in [0.2, 0.25) is 0 Å². The van der Waals surface area contributed by atoms with Gasteiger partial charge in [-0.15, -0.1) is 0 Å². The number of benzene rings is 1. The third-order valence-electron chi connectivity index (χ3n) is 3.57. The molecule has 4 heteroatoms. The first-order valence-electron chi connectivity index (χ1n) is 7.46. The molecule has 1 atom stereocenters. The van der Waals surface area contributed by atoms with Gasteiger partial charge in [-0.3, -0.25) is 4.79 Å². The Labute approximate surface area is 125 Å². The summed E-state index contributed by atoms with van der Waals surface area (Å²) in [4.78, 5) is 10.9. The van der Waals surface area contributed by atoms with E-state index in [0.29, 0.717) is 12.2 Å². The first-order valence-corrected chi connectivity index (χ1v) is 7.46. The number of nitrogens with two attached hydrogens (primary N) is 1. The molecular formula is C17H23NO3. The zero-order valence-corrected chi connectivity index (χ0v) is 12.7. The average molecular weight is 289 g/mol. The van der Waals surface area contributed by atoms with Gasteiger partial charge in [-0.25, -0.2) is 0 Å². The fourth-order valence-electron chi connectivity index (χ4n) is 2.39. The molecular weight excluding hydrogens is 266 g/mol. The summed E-state index contributed by atoms with van der Waals surface area (Å²) >= 11 is 0.